The number of morpholine rings is 1. The maximum absolute atomic E-state index is 14.7. The van der Waals surface area contributed by atoms with Crippen LogP contribution in [0, 0.1) is 11.6 Å². The zero-order chi connectivity index (χ0) is 18.1. The van der Waals surface area contributed by atoms with E-state index in [0.717, 1.165) is 24.7 Å². The number of benzene rings is 2. The predicted octanol–water partition coefficient (Wildman–Crippen LogP) is 2.70. The monoisotopic (exact) mass is 357 g/mol. The topological polar surface area (TPSA) is 58.2 Å². The van der Waals surface area contributed by atoms with Crippen molar-refractivity contribution in [2.75, 3.05) is 26.3 Å². The summed E-state index contributed by atoms with van der Waals surface area (Å²) in [6.45, 7) is 3.59. The Bertz CT molecular complexity index is 1010. The minimum atomic E-state index is -0.657. The lowest BCUT2D eigenvalue weighted by molar-refractivity contribution is 0.0341. The molecule has 2 heterocycles. The molecule has 5 nitrogen and oxygen atoms in total. The van der Waals surface area contributed by atoms with Crippen LogP contribution in [0.4, 0.5) is 8.78 Å². The van der Waals surface area contributed by atoms with Crippen molar-refractivity contribution < 1.29 is 13.5 Å². The summed E-state index contributed by atoms with van der Waals surface area (Å²) >= 11 is 0. The van der Waals surface area contributed by atoms with E-state index in [1.165, 1.54) is 18.5 Å². The molecule has 4 rings (SSSR count). The van der Waals surface area contributed by atoms with E-state index in [4.69, 9.17) is 4.74 Å². The first kappa shape index (κ1) is 16.8. The number of aromatic amines is 1. The lowest BCUT2D eigenvalue weighted by Crippen LogP contribution is -2.35. The number of halogens is 2. The smallest absolute Gasteiger partial charge is 0.258 e. The van der Waals surface area contributed by atoms with Gasteiger partial charge in [0.15, 0.2) is 0 Å². The third-order valence-corrected chi connectivity index (χ3v) is 4.56. The van der Waals surface area contributed by atoms with Gasteiger partial charge < -0.3 is 9.72 Å². The molecule has 0 amide bonds. The summed E-state index contributed by atoms with van der Waals surface area (Å²) in [6, 6.07) is 7.29. The van der Waals surface area contributed by atoms with Crippen molar-refractivity contribution in [3.63, 3.8) is 0 Å². The molecule has 2 aromatic carbocycles. The van der Waals surface area contributed by atoms with E-state index in [1.54, 1.807) is 12.1 Å². The normalized spacial score (nSPS) is 15.5. The Morgan fingerprint density at radius 2 is 1.85 bits per heavy atom. The van der Waals surface area contributed by atoms with E-state index < -0.39 is 17.2 Å². The van der Waals surface area contributed by atoms with Crippen LogP contribution < -0.4 is 5.56 Å². The molecule has 0 bridgehead atoms. The quantitative estimate of drug-likeness (QED) is 0.783. The van der Waals surface area contributed by atoms with Gasteiger partial charge in [-0.2, -0.15) is 0 Å². The van der Waals surface area contributed by atoms with Crippen LogP contribution in [0.3, 0.4) is 0 Å². The molecule has 26 heavy (non-hydrogen) atoms. The predicted molar refractivity (Wildman–Crippen MR) is 93.8 cm³/mol. The van der Waals surface area contributed by atoms with Crippen molar-refractivity contribution in [1.82, 2.24) is 14.9 Å². The van der Waals surface area contributed by atoms with Crippen molar-refractivity contribution in [3.05, 3.63) is 64.2 Å². The minimum Gasteiger partial charge on any atom is -0.379 e. The molecule has 1 saturated heterocycles. The van der Waals surface area contributed by atoms with Gasteiger partial charge in [-0.05, 0) is 23.8 Å². The Balaban J connectivity index is 1.68. The Hall–Kier alpha value is -2.64. The second kappa shape index (κ2) is 6.93. The van der Waals surface area contributed by atoms with Crippen LogP contribution in [0.15, 0.2) is 41.5 Å². The standard InChI is InChI=1S/C19H17F2N3O2/c20-16-7-12(10-24-3-5-26-6-4-24)1-2-13(16)14-9-18-15(8-17(14)21)19(25)23-11-22-18/h1-2,7-9,11H,3-6,10H2,(H,22,23,25). The molecular weight excluding hydrogens is 340 g/mol. The van der Waals surface area contributed by atoms with Gasteiger partial charge in [0.05, 0.1) is 30.4 Å². The molecule has 1 aromatic heterocycles. The first-order valence-corrected chi connectivity index (χ1v) is 8.37. The number of ether oxygens (including phenoxy) is 1. The molecule has 3 aromatic rings. The summed E-state index contributed by atoms with van der Waals surface area (Å²) in [5.74, 6) is -1.16. The minimum absolute atomic E-state index is 0.0889. The van der Waals surface area contributed by atoms with Gasteiger partial charge in [0.1, 0.15) is 11.6 Å². The summed E-state index contributed by atoms with van der Waals surface area (Å²) in [5.41, 5.74) is 0.955. The fourth-order valence-electron chi connectivity index (χ4n) is 3.19. The van der Waals surface area contributed by atoms with Crippen LogP contribution in [0.1, 0.15) is 5.56 Å². The Labute approximate surface area is 148 Å². The summed E-state index contributed by atoms with van der Waals surface area (Å²) in [5, 5.41) is 0.137. The van der Waals surface area contributed by atoms with Crippen LogP contribution in [0.2, 0.25) is 0 Å². The van der Waals surface area contributed by atoms with Crippen LogP contribution in [0.25, 0.3) is 22.0 Å². The van der Waals surface area contributed by atoms with Crippen LogP contribution in [0.5, 0.6) is 0 Å². The zero-order valence-corrected chi connectivity index (χ0v) is 14.0. The van der Waals surface area contributed by atoms with Gasteiger partial charge in [-0.1, -0.05) is 12.1 Å². The molecule has 134 valence electrons. The third-order valence-electron chi connectivity index (χ3n) is 4.56. The molecule has 1 aliphatic heterocycles. The number of hydrogen-bond acceptors (Lipinski definition) is 4. The van der Waals surface area contributed by atoms with Crippen molar-refractivity contribution in [2.45, 2.75) is 6.54 Å². The van der Waals surface area contributed by atoms with E-state index >= 15 is 0 Å². The Morgan fingerprint density at radius 3 is 2.62 bits per heavy atom. The highest BCUT2D eigenvalue weighted by atomic mass is 19.1. The lowest BCUT2D eigenvalue weighted by Gasteiger charge is -2.26. The Kier molecular flexibility index (Phi) is 4.48. The highest BCUT2D eigenvalue weighted by molar-refractivity contribution is 5.83. The van der Waals surface area contributed by atoms with E-state index in [0.29, 0.717) is 25.3 Å². The zero-order valence-electron chi connectivity index (χ0n) is 14.0. The fraction of sp³-hybridized carbons (Fsp3) is 0.263. The average Bonchev–Trinajstić information content (AvgIpc) is 2.63. The van der Waals surface area contributed by atoms with Crippen molar-refractivity contribution in [2.24, 2.45) is 0 Å². The SMILES string of the molecule is O=c1[nH]cnc2cc(-c3ccc(CN4CCOCC4)cc3F)c(F)cc12. The van der Waals surface area contributed by atoms with Crippen molar-refractivity contribution in [3.8, 4) is 11.1 Å². The van der Waals surface area contributed by atoms with Crippen LogP contribution in [-0.2, 0) is 11.3 Å². The summed E-state index contributed by atoms with van der Waals surface area (Å²) in [4.78, 5) is 20.3. The molecule has 0 atom stereocenters. The fourth-order valence-corrected chi connectivity index (χ4v) is 3.19. The third kappa shape index (κ3) is 3.23. The maximum atomic E-state index is 14.7. The van der Waals surface area contributed by atoms with Crippen molar-refractivity contribution in [1.29, 1.82) is 0 Å². The second-order valence-electron chi connectivity index (χ2n) is 6.28. The molecule has 7 heteroatoms. The molecule has 0 saturated carbocycles. The Morgan fingerprint density at radius 1 is 1.08 bits per heavy atom. The van der Waals surface area contributed by atoms with Crippen LogP contribution in [-0.4, -0.2) is 41.2 Å². The number of nitrogens with one attached hydrogen (secondary N) is 1. The van der Waals surface area contributed by atoms with E-state index in [1.807, 2.05) is 0 Å². The van der Waals surface area contributed by atoms with Crippen LogP contribution >= 0.6 is 0 Å². The van der Waals surface area contributed by atoms with Gasteiger partial charge in [-0.25, -0.2) is 13.8 Å². The van der Waals surface area contributed by atoms with Gasteiger partial charge in [0, 0.05) is 30.8 Å². The van der Waals surface area contributed by atoms with E-state index in [9.17, 15) is 13.6 Å². The van der Waals surface area contributed by atoms with Gasteiger partial charge >= 0.3 is 0 Å². The molecule has 1 N–H and O–H groups in total. The highest BCUT2D eigenvalue weighted by Gasteiger charge is 2.16. The molecule has 0 aliphatic carbocycles. The van der Waals surface area contributed by atoms with Gasteiger partial charge in [0.2, 0.25) is 0 Å². The summed E-state index contributed by atoms with van der Waals surface area (Å²) < 4.78 is 34.4. The number of rotatable bonds is 3. The maximum Gasteiger partial charge on any atom is 0.258 e. The molecule has 0 spiro atoms. The molecule has 1 aliphatic rings. The number of aromatic nitrogens is 2. The van der Waals surface area contributed by atoms with Gasteiger partial charge in [0.25, 0.3) is 5.56 Å². The highest BCUT2D eigenvalue weighted by Crippen LogP contribution is 2.29. The largest absolute Gasteiger partial charge is 0.379 e. The average molecular weight is 357 g/mol. The van der Waals surface area contributed by atoms with Gasteiger partial charge in [-0.3, -0.25) is 9.69 Å². The first-order chi connectivity index (χ1) is 12.6. The van der Waals surface area contributed by atoms with Gasteiger partial charge in [-0.15, -0.1) is 0 Å². The first-order valence-electron chi connectivity index (χ1n) is 8.37. The van der Waals surface area contributed by atoms with E-state index in [2.05, 4.69) is 14.9 Å². The number of fused-ring (bicyclic) bond motifs is 1. The number of nitrogens with zero attached hydrogens (tertiary/aromatic N) is 2. The molecule has 1 fully saturated rings. The second-order valence-corrected chi connectivity index (χ2v) is 6.28. The number of H-pyrrole nitrogens is 1. The number of hydrogen-bond donors (Lipinski definition) is 1. The lowest BCUT2D eigenvalue weighted by atomic mass is 10.0. The summed E-state index contributed by atoms with van der Waals surface area (Å²) in [7, 11) is 0. The van der Waals surface area contributed by atoms with Crippen molar-refractivity contribution >= 4 is 10.9 Å². The molecular formula is C19H17F2N3O2. The summed E-state index contributed by atoms with van der Waals surface area (Å²) in [6.07, 6.45) is 1.24. The molecule has 0 unspecified atom stereocenters. The molecule has 0 radical (unpaired) electrons. The van der Waals surface area contributed by atoms with E-state index in [-0.39, 0.29) is 16.5 Å².